The molecule has 0 saturated heterocycles. The van der Waals surface area contributed by atoms with E-state index in [2.05, 4.69) is 14.9 Å². The molecule has 0 aliphatic heterocycles. The van der Waals surface area contributed by atoms with E-state index in [1.54, 1.807) is 12.1 Å². The Balaban J connectivity index is 1.55. The van der Waals surface area contributed by atoms with Crippen molar-refractivity contribution in [3.63, 3.8) is 0 Å². The molecule has 18 heavy (non-hydrogen) atoms. The minimum atomic E-state index is -0.189. The molecular formula is C14H16FN3. The van der Waals surface area contributed by atoms with E-state index in [4.69, 9.17) is 0 Å². The van der Waals surface area contributed by atoms with Gasteiger partial charge in [-0.3, -0.25) is 0 Å². The minimum absolute atomic E-state index is 0.189. The number of hydrogen-bond donors (Lipinski definition) is 1. The maximum absolute atomic E-state index is 12.7. The largest absolute Gasteiger partial charge is 0.330 e. The molecule has 2 aromatic rings. The van der Waals surface area contributed by atoms with E-state index in [-0.39, 0.29) is 5.82 Å². The first-order valence-corrected chi connectivity index (χ1v) is 6.29. The topological polar surface area (TPSA) is 29.9 Å². The third-order valence-electron chi connectivity index (χ3n) is 3.24. The molecule has 94 valence electrons. The first kappa shape index (κ1) is 11.4. The summed E-state index contributed by atoms with van der Waals surface area (Å²) in [5.41, 5.74) is 2.31. The van der Waals surface area contributed by atoms with E-state index in [1.165, 1.54) is 30.7 Å². The number of benzene rings is 1. The summed E-state index contributed by atoms with van der Waals surface area (Å²) in [5, 5.41) is 3.36. The van der Waals surface area contributed by atoms with Gasteiger partial charge >= 0.3 is 0 Å². The van der Waals surface area contributed by atoms with Gasteiger partial charge in [-0.2, -0.15) is 0 Å². The Hall–Kier alpha value is -1.68. The molecule has 0 radical (unpaired) electrons. The van der Waals surface area contributed by atoms with E-state index in [0.29, 0.717) is 6.04 Å². The van der Waals surface area contributed by atoms with Gasteiger partial charge in [-0.25, -0.2) is 9.37 Å². The Bertz CT molecular complexity index is 514. The van der Waals surface area contributed by atoms with E-state index in [9.17, 15) is 4.39 Å². The van der Waals surface area contributed by atoms with E-state index in [1.807, 2.05) is 12.5 Å². The molecule has 1 heterocycles. The quantitative estimate of drug-likeness (QED) is 0.877. The molecule has 1 aromatic carbocycles. The van der Waals surface area contributed by atoms with Crippen LogP contribution in [0.15, 0.2) is 36.8 Å². The Morgan fingerprint density at radius 2 is 2.00 bits per heavy atom. The maximum Gasteiger partial charge on any atom is 0.123 e. The molecule has 3 rings (SSSR count). The fourth-order valence-electron chi connectivity index (χ4n) is 2.09. The number of nitrogens with one attached hydrogen (secondary N) is 1. The molecule has 1 aliphatic rings. The number of imidazole rings is 1. The molecular weight excluding hydrogens is 229 g/mol. The van der Waals surface area contributed by atoms with Gasteiger partial charge in [0.2, 0.25) is 0 Å². The highest BCUT2D eigenvalue weighted by Gasteiger charge is 2.24. The van der Waals surface area contributed by atoms with Crippen molar-refractivity contribution in [1.29, 1.82) is 0 Å². The molecule has 0 atom stereocenters. The fourth-order valence-corrected chi connectivity index (χ4v) is 2.09. The number of nitrogens with zero attached hydrogens (tertiary/aromatic N) is 2. The van der Waals surface area contributed by atoms with Crippen molar-refractivity contribution in [2.45, 2.75) is 32.0 Å². The van der Waals surface area contributed by atoms with Gasteiger partial charge in [-0.05, 0) is 30.5 Å². The van der Waals surface area contributed by atoms with Crippen molar-refractivity contribution < 1.29 is 4.39 Å². The van der Waals surface area contributed by atoms with Crippen LogP contribution in [0, 0.1) is 5.82 Å². The first-order chi connectivity index (χ1) is 8.83. The lowest BCUT2D eigenvalue weighted by Gasteiger charge is -2.08. The molecule has 0 unspecified atom stereocenters. The van der Waals surface area contributed by atoms with Crippen LogP contribution < -0.4 is 5.32 Å². The molecule has 4 heteroatoms. The van der Waals surface area contributed by atoms with Gasteiger partial charge in [-0.15, -0.1) is 0 Å². The number of halogens is 1. The van der Waals surface area contributed by atoms with Crippen LogP contribution in [0.3, 0.4) is 0 Å². The highest BCUT2D eigenvalue weighted by atomic mass is 19.1. The highest BCUT2D eigenvalue weighted by molar-refractivity contribution is 5.16. The summed E-state index contributed by atoms with van der Waals surface area (Å²) in [5.74, 6) is -0.189. The van der Waals surface area contributed by atoms with Crippen LogP contribution in [0.1, 0.15) is 30.1 Å². The lowest BCUT2D eigenvalue weighted by atomic mass is 10.2. The van der Waals surface area contributed by atoms with E-state index in [0.717, 1.165) is 18.7 Å². The Kier molecular flexibility index (Phi) is 3.11. The Morgan fingerprint density at radius 3 is 2.72 bits per heavy atom. The zero-order valence-corrected chi connectivity index (χ0v) is 10.1. The molecule has 1 aliphatic carbocycles. The van der Waals surface area contributed by atoms with Crippen molar-refractivity contribution in [2.24, 2.45) is 0 Å². The van der Waals surface area contributed by atoms with Crippen LogP contribution in [0.5, 0.6) is 0 Å². The summed E-state index contributed by atoms with van der Waals surface area (Å²) in [7, 11) is 0. The van der Waals surface area contributed by atoms with Gasteiger partial charge in [-0.1, -0.05) is 12.1 Å². The summed E-state index contributed by atoms with van der Waals surface area (Å²) in [6.45, 7) is 1.55. The standard InChI is InChI=1S/C14H16FN3/c15-12-3-1-11(2-4-12)7-16-8-14-9-17-10-18(14)13-5-6-13/h1-4,9-10,13,16H,5-8H2. The summed E-state index contributed by atoms with van der Waals surface area (Å²) < 4.78 is 15.0. The molecule has 0 amide bonds. The Labute approximate surface area is 106 Å². The van der Waals surface area contributed by atoms with Gasteiger partial charge in [0.15, 0.2) is 0 Å². The molecule has 0 bridgehead atoms. The molecule has 1 aromatic heterocycles. The zero-order chi connectivity index (χ0) is 12.4. The lowest BCUT2D eigenvalue weighted by Crippen LogP contribution is -2.15. The maximum atomic E-state index is 12.7. The van der Waals surface area contributed by atoms with Gasteiger partial charge in [0, 0.05) is 25.3 Å². The SMILES string of the molecule is Fc1ccc(CNCc2cncn2C2CC2)cc1. The first-order valence-electron chi connectivity index (χ1n) is 6.29. The summed E-state index contributed by atoms with van der Waals surface area (Å²) >= 11 is 0. The van der Waals surface area contributed by atoms with Crippen LogP contribution in [0.2, 0.25) is 0 Å². The van der Waals surface area contributed by atoms with Crippen LogP contribution in [0.4, 0.5) is 4.39 Å². The van der Waals surface area contributed by atoms with Gasteiger partial charge in [0.05, 0.1) is 12.0 Å². The van der Waals surface area contributed by atoms with Crippen LogP contribution >= 0.6 is 0 Å². The highest BCUT2D eigenvalue weighted by Crippen LogP contribution is 2.35. The van der Waals surface area contributed by atoms with Crippen molar-refractivity contribution in [3.8, 4) is 0 Å². The minimum Gasteiger partial charge on any atom is -0.330 e. The predicted octanol–water partition coefficient (Wildman–Crippen LogP) is 2.65. The number of rotatable bonds is 5. The second-order valence-electron chi connectivity index (χ2n) is 4.75. The Morgan fingerprint density at radius 1 is 1.22 bits per heavy atom. The normalized spacial score (nSPS) is 14.9. The monoisotopic (exact) mass is 245 g/mol. The summed E-state index contributed by atoms with van der Waals surface area (Å²) in [4.78, 5) is 4.19. The second kappa shape index (κ2) is 4.90. The predicted molar refractivity (Wildman–Crippen MR) is 67.4 cm³/mol. The van der Waals surface area contributed by atoms with Gasteiger partial charge < -0.3 is 9.88 Å². The second-order valence-corrected chi connectivity index (χ2v) is 4.75. The average Bonchev–Trinajstić information content (AvgIpc) is 3.12. The summed E-state index contributed by atoms with van der Waals surface area (Å²) in [6.07, 6.45) is 6.35. The van der Waals surface area contributed by atoms with Crippen LogP contribution in [-0.2, 0) is 13.1 Å². The van der Waals surface area contributed by atoms with Crippen molar-refractivity contribution in [3.05, 3.63) is 53.9 Å². The van der Waals surface area contributed by atoms with Crippen LogP contribution in [-0.4, -0.2) is 9.55 Å². The third kappa shape index (κ3) is 2.59. The summed E-state index contributed by atoms with van der Waals surface area (Å²) in [6, 6.07) is 7.26. The molecule has 1 N–H and O–H groups in total. The van der Waals surface area contributed by atoms with Crippen molar-refractivity contribution in [2.75, 3.05) is 0 Å². The van der Waals surface area contributed by atoms with Crippen LogP contribution in [0.25, 0.3) is 0 Å². The van der Waals surface area contributed by atoms with Gasteiger partial charge in [0.1, 0.15) is 5.82 Å². The van der Waals surface area contributed by atoms with Gasteiger partial charge in [0.25, 0.3) is 0 Å². The van der Waals surface area contributed by atoms with E-state index >= 15 is 0 Å². The lowest BCUT2D eigenvalue weighted by molar-refractivity contribution is 0.614. The van der Waals surface area contributed by atoms with Crippen molar-refractivity contribution >= 4 is 0 Å². The smallest absolute Gasteiger partial charge is 0.123 e. The molecule has 1 fully saturated rings. The number of aromatic nitrogens is 2. The third-order valence-corrected chi connectivity index (χ3v) is 3.24. The van der Waals surface area contributed by atoms with E-state index < -0.39 is 0 Å². The van der Waals surface area contributed by atoms with Crippen molar-refractivity contribution in [1.82, 2.24) is 14.9 Å². The molecule has 3 nitrogen and oxygen atoms in total. The number of hydrogen-bond acceptors (Lipinski definition) is 2. The molecule has 1 saturated carbocycles. The average molecular weight is 245 g/mol. The molecule has 0 spiro atoms. The fraction of sp³-hybridized carbons (Fsp3) is 0.357. The zero-order valence-electron chi connectivity index (χ0n) is 10.1.